The number of hydrogen-bond acceptors (Lipinski definition) is 7. The zero-order valence-electron chi connectivity index (χ0n) is 19.2. The van der Waals surface area contributed by atoms with Gasteiger partial charge in [0.1, 0.15) is 37.6 Å². The summed E-state index contributed by atoms with van der Waals surface area (Å²) in [6.07, 6.45) is 7.75. The second kappa shape index (κ2) is 11.4. The van der Waals surface area contributed by atoms with E-state index < -0.39 is 11.9 Å². The molecule has 1 fully saturated rings. The van der Waals surface area contributed by atoms with Gasteiger partial charge >= 0.3 is 0 Å². The highest BCUT2D eigenvalue weighted by molar-refractivity contribution is 6.37. The molecule has 9 nitrogen and oxygen atoms in total. The van der Waals surface area contributed by atoms with Gasteiger partial charge in [0.15, 0.2) is 0 Å². The number of oxime groups is 1. The highest BCUT2D eigenvalue weighted by atomic mass is 35.5. The Morgan fingerprint density at radius 1 is 1.05 bits per heavy atom. The molecule has 0 aliphatic carbocycles. The van der Waals surface area contributed by atoms with Crippen molar-refractivity contribution in [1.29, 1.82) is 0 Å². The molecule has 1 aliphatic rings. The highest BCUT2D eigenvalue weighted by Gasteiger charge is 2.45. The van der Waals surface area contributed by atoms with E-state index in [1.165, 1.54) is 6.33 Å². The monoisotopic (exact) mass is 580 g/mol. The Balaban J connectivity index is 1.35. The molecule has 3 heterocycles. The predicted octanol–water partition coefficient (Wildman–Crippen LogP) is 5.48. The van der Waals surface area contributed by atoms with Crippen LogP contribution >= 0.6 is 46.4 Å². The normalized spacial score (nSPS) is 19.9. The number of hydrogen-bond donors (Lipinski definition) is 0. The van der Waals surface area contributed by atoms with E-state index in [-0.39, 0.29) is 19.8 Å². The van der Waals surface area contributed by atoms with Crippen LogP contribution in [0.2, 0.25) is 20.1 Å². The molecule has 192 valence electrons. The standard InChI is InChI=1S/C24H20Cl4N6O3/c25-16-1-3-19(21(27)7-16)23(9-33-6-5-29-14-33)32-36-11-18-10-35-24(37-18,12-34-15-30-13-31-34)20-4-2-17(26)8-22(20)28/h1-8,13-15,18H,9-12H2/b32-23+. The molecule has 2 aromatic heterocycles. The summed E-state index contributed by atoms with van der Waals surface area (Å²) >= 11 is 25.1. The van der Waals surface area contributed by atoms with Crippen LogP contribution in [0.5, 0.6) is 0 Å². The minimum atomic E-state index is -1.22. The van der Waals surface area contributed by atoms with Gasteiger partial charge in [-0.1, -0.05) is 57.6 Å². The molecule has 4 aromatic rings. The van der Waals surface area contributed by atoms with Gasteiger partial charge in [-0.15, -0.1) is 0 Å². The number of benzene rings is 2. The first-order chi connectivity index (χ1) is 17.9. The summed E-state index contributed by atoms with van der Waals surface area (Å²) in [7, 11) is 0. The van der Waals surface area contributed by atoms with Gasteiger partial charge in [-0.05, 0) is 30.3 Å². The van der Waals surface area contributed by atoms with Crippen LogP contribution < -0.4 is 0 Å². The largest absolute Gasteiger partial charge is 0.393 e. The molecule has 2 aromatic carbocycles. The van der Waals surface area contributed by atoms with Crippen LogP contribution in [-0.2, 0) is 33.2 Å². The number of halogens is 4. The van der Waals surface area contributed by atoms with Crippen molar-refractivity contribution in [2.45, 2.75) is 25.0 Å². The summed E-state index contributed by atoms with van der Waals surface area (Å²) in [6.45, 7) is 0.963. The lowest BCUT2D eigenvalue weighted by Crippen LogP contribution is -2.34. The summed E-state index contributed by atoms with van der Waals surface area (Å²) < 4.78 is 16.0. The first kappa shape index (κ1) is 26.0. The van der Waals surface area contributed by atoms with Crippen LogP contribution in [0.15, 0.2) is 72.9 Å². The fraction of sp³-hybridized carbons (Fsp3) is 0.250. The van der Waals surface area contributed by atoms with Crippen LogP contribution in [0.3, 0.4) is 0 Å². The molecule has 1 saturated heterocycles. The van der Waals surface area contributed by atoms with Crippen molar-refractivity contribution in [3.63, 3.8) is 0 Å². The van der Waals surface area contributed by atoms with Crippen molar-refractivity contribution in [2.75, 3.05) is 13.2 Å². The third kappa shape index (κ3) is 6.09. The first-order valence-electron chi connectivity index (χ1n) is 11.1. The van der Waals surface area contributed by atoms with Gasteiger partial charge in [0.05, 0.1) is 29.5 Å². The molecule has 37 heavy (non-hydrogen) atoms. The molecule has 0 N–H and O–H groups in total. The van der Waals surface area contributed by atoms with Gasteiger partial charge in [-0.2, -0.15) is 5.10 Å². The van der Waals surface area contributed by atoms with Crippen molar-refractivity contribution in [3.8, 4) is 0 Å². The van der Waals surface area contributed by atoms with Crippen molar-refractivity contribution < 1.29 is 14.3 Å². The summed E-state index contributed by atoms with van der Waals surface area (Å²) in [5.41, 5.74) is 1.90. The summed E-state index contributed by atoms with van der Waals surface area (Å²) in [6, 6.07) is 10.3. The minimum absolute atomic E-state index is 0.114. The van der Waals surface area contributed by atoms with E-state index >= 15 is 0 Å². The second-order valence-corrected chi connectivity index (χ2v) is 9.90. The zero-order chi connectivity index (χ0) is 25.8. The number of ether oxygens (including phenoxy) is 2. The number of imidazole rings is 1. The zero-order valence-corrected chi connectivity index (χ0v) is 22.2. The van der Waals surface area contributed by atoms with E-state index in [0.717, 1.165) is 0 Å². The molecular formula is C24H20Cl4N6O3. The Hall–Kier alpha value is -2.66. The van der Waals surface area contributed by atoms with Crippen molar-refractivity contribution >= 4 is 52.1 Å². The fourth-order valence-corrected chi connectivity index (χ4v) is 4.99. The molecule has 0 amide bonds. The number of aromatic nitrogens is 5. The Kier molecular flexibility index (Phi) is 7.99. The summed E-state index contributed by atoms with van der Waals surface area (Å²) in [5.74, 6) is -1.22. The molecule has 1 aliphatic heterocycles. The third-order valence-corrected chi connectivity index (χ3v) is 6.70. The molecule has 2 unspecified atom stereocenters. The van der Waals surface area contributed by atoms with E-state index in [9.17, 15) is 0 Å². The van der Waals surface area contributed by atoms with E-state index in [4.69, 9.17) is 60.7 Å². The van der Waals surface area contributed by atoms with Crippen molar-refractivity contribution in [2.24, 2.45) is 5.16 Å². The van der Waals surface area contributed by atoms with E-state index in [2.05, 4.69) is 20.2 Å². The lowest BCUT2D eigenvalue weighted by molar-refractivity contribution is -0.193. The highest BCUT2D eigenvalue weighted by Crippen LogP contribution is 2.40. The average Bonchev–Trinajstić information content (AvgIpc) is 3.63. The number of rotatable bonds is 9. The topological polar surface area (TPSA) is 88.6 Å². The summed E-state index contributed by atoms with van der Waals surface area (Å²) in [4.78, 5) is 13.8. The maximum atomic E-state index is 6.52. The van der Waals surface area contributed by atoms with Crippen LogP contribution in [-0.4, -0.2) is 49.3 Å². The van der Waals surface area contributed by atoms with Crippen LogP contribution in [0.25, 0.3) is 0 Å². The number of nitrogens with zero attached hydrogens (tertiary/aromatic N) is 6. The van der Waals surface area contributed by atoms with Crippen LogP contribution in [0.4, 0.5) is 0 Å². The van der Waals surface area contributed by atoms with Crippen molar-refractivity contribution in [3.05, 3.63) is 99.0 Å². The van der Waals surface area contributed by atoms with Crippen LogP contribution in [0.1, 0.15) is 11.1 Å². The Bertz CT molecular complexity index is 1380. The average molecular weight is 582 g/mol. The van der Waals surface area contributed by atoms with Gasteiger partial charge in [-0.25, -0.2) is 14.6 Å². The fourth-order valence-electron chi connectivity index (χ4n) is 3.92. The maximum Gasteiger partial charge on any atom is 0.217 e. The molecule has 0 saturated carbocycles. The summed E-state index contributed by atoms with van der Waals surface area (Å²) in [5, 5.41) is 10.5. The van der Waals surface area contributed by atoms with Gasteiger partial charge in [0.2, 0.25) is 5.79 Å². The van der Waals surface area contributed by atoms with E-state index in [1.807, 2.05) is 10.8 Å². The SMILES string of the molecule is Clc1ccc(/C(Cn2ccnc2)=N/OCC2COC(Cn3cncn3)(c3ccc(Cl)cc3Cl)O2)c(Cl)c1. The molecular weight excluding hydrogens is 562 g/mol. The maximum absolute atomic E-state index is 6.52. The van der Waals surface area contributed by atoms with E-state index in [0.29, 0.717) is 43.5 Å². The van der Waals surface area contributed by atoms with Gasteiger partial charge < -0.3 is 18.9 Å². The third-order valence-electron chi connectivity index (χ3n) is 5.61. The molecule has 2 atom stereocenters. The van der Waals surface area contributed by atoms with Crippen molar-refractivity contribution in [1.82, 2.24) is 24.3 Å². The Morgan fingerprint density at radius 2 is 1.86 bits per heavy atom. The molecule has 0 spiro atoms. The first-order valence-corrected chi connectivity index (χ1v) is 12.6. The van der Waals surface area contributed by atoms with Crippen LogP contribution in [0, 0.1) is 0 Å². The van der Waals surface area contributed by atoms with Gasteiger partial charge in [0.25, 0.3) is 0 Å². The molecule has 0 radical (unpaired) electrons. The van der Waals surface area contributed by atoms with E-state index in [1.54, 1.807) is 59.9 Å². The van der Waals surface area contributed by atoms with Gasteiger partial charge in [-0.3, -0.25) is 0 Å². The lowest BCUT2D eigenvalue weighted by Gasteiger charge is -2.29. The predicted molar refractivity (Wildman–Crippen MR) is 140 cm³/mol. The quantitative estimate of drug-likeness (QED) is 0.192. The minimum Gasteiger partial charge on any atom is -0.393 e. The second-order valence-electron chi connectivity index (χ2n) is 8.21. The molecule has 0 bridgehead atoms. The van der Waals surface area contributed by atoms with Gasteiger partial charge in [0, 0.05) is 33.6 Å². The lowest BCUT2D eigenvalue weighted by atomic mass is 10.1. The molecule has 5 rings (SSSR count). The Morgan fingerprint density at radius 3 is 2.57 bits per heavy atom. The Labute approximate surface area is 232 Å². The smallest absolute Gasteiger partial charge is 0.217 e. The molecule has 13 heteroatoms.